The maximum atomic E-state index is 12.8. The number of rotatable bonds is 5. The van der Waals surface area contributed by atoms with Gasteiger partial charge in [-0.15, -0.1) is 0 Å². The molecule has 0 atom stereocenters. The molecule has 1 N–H and O–H groups in total. The molecule has 3 aromatic carbocycles. The van der Waals surface area contributed by atoms with Crippen LogP contribution in [0.4, 0.5) is 0 Å². The molecule has 5 heteroatoms. The highest BCUT2D eigenvalue weighted by Gasteiger charge is 2.18. The summed E-state index contributed by atoms with van der Waals surface area (Å²) in [5.41, 5.74) is 0.521. The zero-order chi connectivity index (χ0) is 19.7. The summed E-state index contributed by atoms with van der Waals surface area (Å²) in [6.45, 7) is 4.73. The van der Waals surface area contributed by atoms with Crippen molar-refractivity contribution in [3.63, 3.8) is 0 Å². The zero-order valence-corrected chi connectivity index (χ0v) is 15.7. The fourth-order valence-corrected chi connectivity index (χ4v) is 3.30. The van der Waals surface area contributed by atoms with Crippen molar-refractivity contribution in [1.82, 2.24) is 0 Å². The maximum Gasteiger partial charge on any atom is 0.235 e. The molecule has 142 valence electrons. The third-order valence-electron chi connectivity index (χ3n) is 4.56. The van der Waals surface area contributed by atoms with Crippen LogP contribution in [0.2, 0.25) is 0 Å². The van der Waals surface area contributed by atoms with Gasteiger partial charge < -0.3 is 19.0 Å². The van der Waals surface area contributed by atoms with E-state index in [1.165, 1.54) is 0 Å². The Kier molecular flexibility index (Phi) is 4.65. The van der Waals surface area contributed by atoms with Crippen molar-refractivity contribution in [3.05, 3.63) is 64.8 Å². The lowest BCUT2D eigenvalue weighted by atomic mass is 10.0. The Bertz CT molecular complexity index is 1220. The van der Waals surface area contributed by atoms with E-state index in [9.17, 15) is 9.90 Å². The highest BCUT2D eigenvalue weighted by atomic mass is 16.5. The topological polar surface area (TPSA) is 68.9 Å². The van der Waals surface area contributed by atoms with E-state index in [0.717, 1.165) is 10.8 Å². The van der Waals surface area contributed by atoms with Crippen LogP contribution in [0.3, 0.4) is 0 Å². The monoisotopic (exact) mass is 376 g/mol. The molecule has 0 unspecified atom stereocenters. The predicted molar refractivity (Wildman–Crippen MR) is 109 cm³/mol. The van der Waals surface area contributed by atoms with Gasteiger partial charge in [0.25, 0.3) is 0 Å². The highest BCUT2D eigenvalue weighted by Crippen LogP contribution is 2.37. The van der Waals surface area contributed by atoms with Crippen molar-refractivity contribution in [2.75, 3.05) is 13.2 Å². The van der Waals surface area contributed by atoms with Crippen LogP contribution in [0, 0.1) is 0 Å². The lowest BCUT2D eigenvalue weighted by Crippen LogP contribution is -2.03. The molecule has 0 spiro atoms. The van der Waals surface area contributed by atoms with Crippen LogP contribution in [0.25, 0.3) is 33.1 Å². The minimum Gasteiger partial charge on any atom is -0.502 e. The number of aromatic hydroxyl groups is 1. The molecule has 0 bridgehead atoms. The van der Waals surface area contributed by atoms with Crippen LogP contribution in [-0.4, -0.2) is 18.3 Å². The van der Waals surface area contributed by atoms with Crippen LogP contribution in [0.1, 0.15) is 13.8 Å². The third kappa shape index (κ3) is 2.95. The highest BCUT2D eigenvalue weighted by molar-refractivity contribution is 6.04. The van der Waals surface area contributed by atoms with Gasteiger partial charge in [0.2, 0.25) is 11.2 Å². The van der Waals surface area contributed by atoms with Crippen molar-refractivity contribution < 1.29 is 19.0 Å². The summed E-state index contributed by atoms with van der Waals surface area (Å²) in [5.74, 6) is 0.815. The molecule has 0 aliphatic heterocycles. The van der Waals surface area contributed by atoms with Crippen molar-refractivity contribution >= 4 is 21.7 Å². The molecule has 0 amide bonds. The fraction of sp³-hybridized carbons (Fsp3) is 0.174. The number of hydrogen-bond acceptors (Lipinski definition) is 5. The smallest absolute Gasteiger partial charge is 0.235 e. The van der Waals surface area contributed by atoms with E-state index in [1.54, 1.807) is 24.3 Å². The number of ether oxygens (including phenoxy) is 2. The molecule has 0 aliphatic carbocycles. The molecule has 1 aromatic heterocycles. The number of hydrogen-bond donors (Lipinski definition) is 1. The first-order valence-electron chi connectivity index (χ1n) is 9.21. The molecular formula is C23H20O5. The van der Waals surface area contributed by atoms with Gasteiger partial charge in [-0.05, 0) is 43.5 Å². The Morgan fingerprint density at radius 2 is 1.64 bits per heavy atom. The lowest BCUT2D eigenvalue weighted by Gasteiger charge is -2.13. The fourth-order valence-electron chi connectivity index (χ4n) is 3.30. The second-order valence-corrected chi connectivity index (χ2v) is 6.30. The van der Waals surface area contributed by atoms with Crippen molar-refractivity contribution in [2.24, 2.45) is 0 Å². The van der Waals surface area contributed by atoms with E-state index in [4.69, 9.17) is 13.9 Å². The Morgan fingerprint density at radius 3 is 2.43 bits per heavy atom. The average molecular weight is 376 g/mol. The van der Waals surface area contributed by atoms with E-state index < -0.39 is 11.2 Å². The lowest BCUT2D eigenvalue weighted by molar-refractivity contribution is 0.288. The minimum absolute atomic E-state index is 0.109. The third-order valence-corrected chi connectivity index (χ3v) is 4.56. The van der Waals surface area contributed by atoms with E-state index in [2.05, 4.69) is 0 Å². The summed E-state index contributed by atoms with van der Waals surface area (Å²) in [6.07, 6.45) is 0. The second kappa shape index (κ2) is 7.27. The van der Waals surface area contributed by atoms with Gasteiger partial charge in [-0.3, -0.25) is 4.79 Å². The first-order valence-corrected chi connectivity index (χ1v) is 9.21. The van der Waals surface area contributed by atoms with Gasteiger partial charge in [-0.25, -0.2) is 0 Å². The first-order chi connectivity index (χ1) is 13.6. The van der Waals surface area contributed by atoms with Crippen molar-refractivity contribution in [2.45, 2.75) is 13.8 Å². The van der Waals surface area contributed by atoms with E-state index in [0.29, 0.717) is 41.2 Å². The van der Waals surface area contributed by atoms with Crippen LogP contribution in [0.5, 0.6) is 17.2 Å². The average Bonchev–Trinajstić information content (AvgIpc) is 2.72. The molecule has 4 aromatic rings. The number of benzene rings is 3. The molecule has 1 heterocycles. The Balaban J connectivity index is 1.98. The molecule has 0 aliphatic rings. The van der Waals surface area contributed by atoms with Crippen LogP contribution in [-0.2, 0) is 0 Å². The van der Waals surface area contributed by atoms with E-state index in [-0.39, 0.29) is 5.76 Å². The predicted octanol–water partition coefficient (Wildman–Crippen LogP) is 5.12. The Labute approximate surface area is 161 Å². The molecule has 5 nitrogen and oxygen atoms in total. The molecule has 4 rings (SSSR count). The van der Waals surface area contributed by atoms with E-state index >= 15 is 0 Å². The van der Waals surface area contributed by atoms with Gasteiger partial charge in [0, 0.05) is 10.9 Å². The van der Waals surface area contributed by atoms with Crippen LogP contribution >= 0.6 is 0 Å². The quantitative estimate of drug-likeness (QED) is 0.490. The molecule has 0 fully saturated rings. The maximum absolute atomic E-state index is 12.8. The summed E-state index contributed by atoms with van der Waals surface area (Å²) in [7, 11) is 0. The van der Waals surface area contributed by atoms with Gasteiger partial charge in [0.05, 0.1) is 18.6 Å². The first kappa shape index (κ1) is 17.9. The Morgan fingerprint density at radius 1 is 0.893 bits per heavy atom. The second-order valence-electron chi connectivity index (χ2n) is 6.30. The standard InChI is InChI=1S/C23H20O5/c1-3-26-18-12-10-15(13-19(18)27-4-2)22-21(25)20(24)17-11-9-14-7-5-6-8-16(14)23(17)28-22/h5-13,25H,3-4H2,1-2H3. The normalized spacial score (nSPS) is 11.1. The minimum atomic E-state index is -0.464. The van der Waals surface area contributed by atoms with Crippen molar-refractivity contribution in [1.29, 1.82) is 0 Å². The van der Waals surface area contributed by atoms with Crippen molar-refractivity contribution in [3.8, 4) is 28.6 Å². The summed E-state index contributed by atoms with van der Waals surface area (Å²) in [4.78, 5) is 12.8. The largest absolute Gasteiger partial charge is 0.502 e. The molecule has 28 heavy (non-hydrogen) atoms. The van der Waals surface area contributed by atoms with Gasteiger partial charge >= 0.3 is 0 Å². The zero-order valence-electron chi connectivity index (χ0n) is 15.7. The molecular weight excluding hydrogens is 356 g/mol. The van der Waals surface area contributed by atoms with Gasteiger partial charge in [0.1, 0.15) is 5.58 Å². The van der Waals surface area contributed by atoms with Gasteiger partial charge in [-0.1, -0.05) is 30.3 Å². The molecule has 0 saturated heterocycles. The SMILES string of the molecule is CCOc1ccc(-c2oc3c(ccc4ccccc43)c(=O)c2O)cc1OCC. The molecule has 0 saturated carbocycles. The van der Waals surface area contributed by atoms with Crippen LogP contribution in [0.15, 0.2) is 63.8 Å². The summed E-state index contributed by atoms with van der Waals surface area (Å²) < 4.78 is 17.3. The van der Waals surface area contributed by atoms with Gasteiger partial charge in [-0.2, -0.15) is 0 Å². The van der Waals surface area contributed by atoms with E-state index in [1.807, 2.05) is 44.2 Å². The number of fused-ring (bicyclic) bond motifs is 3. The van der Waals surface area contributed by atoms with Gasteiger partial charge in [0.15, 0.2) is 17.3 Å². The summed E-state index contributed by atoms with van der Waals surface area (Å²) in [6, 6.07) is 16.4. The summed E-state index contributed by atoms with van der Waals surface area (Å²) in [5, 5.41) is 12.6. The molecule has 0 radical (unpaired) electrons. The Hall–Kier alpha value is -3.47. The van der Waals surface area contributed by atoms with Crippen LogP contribution < -0.4 is 14.9 Å². The summed E-state index contributed by atoms with van der Waals surface area (Å²) >= 11 is 0.